The minimum atomic E-state index is -1.35. The first-order chi connectivity index (χ1) is 3.50. The molecule has 0 aliphatic rings. The van der Waals surface area contributed by atoms with Crippen molar-refractivity contribution >= 4 is 5.78 Å². The van der Waals surface area contributed by atoms with Crippen LogP contribution in [0.1, 0.15) is 21.6 Å². The van der Waals surface area contributed by atoms with Crippen molar-refractivity contribution in [1.29, 1.82) is 0 Å². The summed E-state index contributed by atoms with van der Waals surface area (Å²) in [6.07, 6.45) is 0.377. The predicted molar refractivity (Wildman–Crippen MR) is 28.9 cm³/mol. The zero-order chi connectivity index (χ0) is 6.78. The van der Waals surface area contributed by atoms with E-state index < -0.39 is 6.02 Å². The Balaban J connectivity index is 3.91. The first kappa shape index (κ1) is 4.78. The van der Waals surface area contributed by atoms with E-state index in [2.05, 4.69) is 0 Å². The zero-order valence-corrected chi connectivity index (χ0v) is 4.69. The highest BCUT2D eigenvalue weighted by Crippen LogP contribution is 1.84. The largest absolute Gasteiger partial charge is 0.322 e. The first-order valence-electron chi connectivity index (χ1n) is 2.80. The summed E-state index contributed by atoms with van der Waals surface area (Å²) >= 11 is 0. The Hall–Kier alpha value is -0.370. The number of Topliss-reactive ketones (excluding diaryl/α,β-unsaturated/α-hetero) is 1. The van der Waals surface area contributed by atoms with E-state index in [-0.39, 0.29) is 5.78 Å². The van der Waals surface area contributed by atoms with Crippen molar-refractivity contribution < 1.29 is 6.17 Å². The van der Waals surface area contributed by atoms with Gasteiger partial charge in [-0.1, -0.05) is 6.92 Å². The molecule has 0 aliphatic carbocycles. The molecule has 0 saturated heterocycles. The first-order valence-corrected chi connectivity index (χ1v) is 2.30. The lowest BCUT2D eigenvalue weighted by atomic mass is 10.2. The van der Waals surface area contributed by atoms with E-state index in [0.717, 1.165) is 0 Å². The molecule has 0 aromatic rings. The number of hydrogen-bond acceptors (Lipinski definition) is 2. The second kappa shape index (κ2) is 2.75. The van der Waals surface area contributed by atoms with Crippen molar-refractivity contribution in [3.8, 4) is 0 Å². The van der Waals surface area contributed by atoms with Crippen LogP contribution >= 0.6 is 0 Å². The number of carbonyl (C=O) groups is 1. The number of nitrogens with two attached hydrogens (primary N) is 1. The maximum atomic E-state index is 10.4. The van der Waals surface area contributed by atoms with Crippen LogP contribution in [-0.4, -0.2) is 11.8 Å². The number of hydrogen-bond donors (Lipinski definition) is 1. The van der Waals surface area contributed by atoms with Crippen molar-refractivity contribution in [3.05, 3.63) is 0 Å². The average molecular weight is 102 g/mol. The molecule has 0 radical (unpaired) electrons. The van der Waals surface area contributed by atoms with Crippen molar-refractivity contribution in [2.24, 2.45) is 5.73 Å². The Kier molecular flexibility index (Phi) is 1.88. The van der Waals surface area contributed by atoms with E-state index in [4.69, 9.17) is 7.10 Å². The Labute approximate surface area is 45.1 Å². The molecule has 0 unspecified atom stereocenters. The molecule has 0 aromatic carbocycles. The van der Waals surface area contributed by atoms with Crippen LogP contribution in [0.2, 0.25) is 0 Å². The topological polar surface area (TPSA) is 43.1 Å². The fourth-order valence-electron chi connectivity index (χ4n) is 0.249. The molecule has 2 heteroatoms. The Morgan fingerprint density at radius 3 is 2.57 bits per heavy atom. The monoisotopic (exact) mass is 102 g/mol. The molecule has 7 heavy (non-hydrogen) atoms. The second-order valence-electron chi connectivity index (χ2n) is 1.43. The molecule has 0 bridgehead atoms. The van der Waals surface area contributed by atoms with Gasteiger partial charge in [0.25, 0.3) is 0 Å². The van der Waals surface area contributed by atoms with Crippen molar-refractivity contribution in [2.45, 2.75) is 26.3 Å². The molecule has 42 valence electrons. The molecule has 2 nitrogen and oxygen atoms in total. The van der Waals surface area contributed by atoms with Crippen molar-refractivity contribution in [3.63, 3.8) is 0 Å². The summed E-state index contributed by atoms with van der Waals surface area (Å²) in [4.78, 5) is 10.4. The second-order valence-corrected chi connectivity index (χ2v) is 1.43. The van der Waals surface area contributed by atoms with Gasteiger partial charge in [0.1, 0.15) is 5.78 Å². The van der Waals surface area contributed by atoms with Crippen molar-refractivity contribution in [2.75, 3.05) is 0 Å². The quantitative estimate of drug-likeness (QED) is 0.545. The van der Waals surface area contributed by atoms with Gasteiger partial charge in [-0.25, -0.2) is 0 Å². The smallest absolute Gasteiger partial charge is 0.146 e. The van der Waals surface area contributed by atoms with Crippen LogP contribution in [0.4, 0.5) is 0 Å². The van der Waals surface area contributed by atoms with E-state index in [0.29, 0.717) is 6.42 Å². The van der Waals surface area contributed by atoms with Gasteiger partial charge in [-0.05, 0) is 13.3 Å². The van der Waals surface area contributed by atoms with Crippen LogP contribution in [0.5, 0.6) is 0 Å². The zero-order valence-electron chi connectivity index (χ0n) is 5.69. The lowest BCUT2D eigenvalue weighted by Gasteiger charge is -1.99. The van der Waals surface area contributed by atoms with Gasteiger partial charge in [0.15, 0.2) is 0 Å². The van der Waals surface area contributed by atoms with Gasteiger partial charge in [0.05, 0.1) is 7.39 Å². The van der Waals surface area contributed by atoms with Crippen LogP contribution in [0.25, 0.3) is 0 Å². The van der Waals surface area contributed by atoms with Gasteiger partial charge in [-0.2, -0.15) is 0 Å². The van der Waals surface area contributed by atoms with Gasteiger partial charge in [-0.15, -0.1) is 0 Å². The summed E-state index contributed by atoms with van der Waals surface area (Å²) in [7, 11) is 0. The molecule has 0 fully saturated rings. The summed E-state index contributed by atoms with van der Waals surface area (Å²) in [5, 5.41) is 0. The minimum Gasteiger partial charge on any atom is -0.322 e. The van der Waals surface area contributed by atoms with Gasteiger partial charge in [0.2, 0.25) is 0 Å². The Morgan fingerprint density at radius 1 is 2.14 bits per heavy atom. The molecule has 0 saturated carbocycles. The standard InChI is InChI=1S/C5H11NO/c1-3-5(6)4(2)7/h5H,3,6H2,1-2H3/t5-/m0/s1/i5D. The lowest BCUT2D eigenvalue weighted by molar-refractivity contribution is -0.118. The van der Waals surface area contributed by atoms with Crippen LogP contribution in [-0.2, 0) is 4.79 Å². The number of ketones is 1. The van der Waals surface area contributed by atoms with Gasteiger partial charge >= 0.3 is 0 Å². The fourth-order valence-corrected chi connectivity index (χ4v) is 0.249. The third-order valence-electron chi connectivity index (χ3n) is 0.833. The molecule has 0 spiro atoms. The molecule has 0 aromatic heterocycles. The van der Waals surface area contributed by atoms with E-state index >= 15 is 0 Å². The maximum absolute atomic E-state index is 10.4. The number of rotatable bonds is 2. The summed E-state index contributed by atoms with van der Waals surface area (Å²) in [5.74, 6) is -0.278. The van der Waals surface area contributed by atoms with Gasteiger partial charge in [-0.3, -0.25) is 4.79 Å². The molecule has 0 rings (SSSR count). The van der Waals surface area contributed by atoms with E-state index in [1.165, 1.54) is 6.92 Å². The van der Waals surface area contributed by atoms with E-state index in [1.807, 2.05) is 0 Å². The van der Waals surface area contributed by atoms with E-state index in [9.17, 15) is 4.79 Å². The number of carbonyl (C=O) groups excluding carboxylic acids is 1. The average Bonchev–Trinajstić information content (AvgIpc) is 1.67. The highest BCUT2D eigenvalue weighted by molar-refractivity contribution is 5.80. The summed E-state index contributed by atoms with van der Waals surface area (Å²) < 4.78 is 7.06. The molecule has 1 atom stereocenters. The molecule has 0 heterocycles. The van der Waals surface area contributed by atoms with Crippen LogP contribution in [0, 0.1) is 0 Å². The Bertz CT molecular complexity index is 101. The molecule has 0 amide bonds. The fraction of sp³-hybridized carbons (Fsp3) is 0.800. The normalized spacial score (nSPS) is 20.1. The summed E-state index contributed by atoms with van der Waals surface area (Å²) in [6.45, 7) is 3.05. The van der Waals surface area contributed by atoms with Crippen LogP contribution in [0.15, 0.2) is 0 Å². The summed E-state index contributed by atoms with van der Waals surface area (Å²) in [5.41, 5.74) is 5.18. The molecule has 2 N–H and O–H groups in total. The third kappa shape index (κ3) is 2.34. The SMILES string of the molecule is [2H][C@](N)(CC)C(C)=O. The predicted octanol–water partition coefficient (Wildman–Crippen LogP) is 0.313. The molecular formula is C5H11NO. The van der Waals surface area contributed by atoms with Gasteiger partial charge < -0.3 is 5.73 Å². The van der Waals surface area contributed by atoms with Crippen molar-refractivity contribution in [1.82, 2.24) is 0 Å². The Morgan fingerprint density at radius 2 is 2.57 bits per heavy atom. The lowest BCUT2D eigenvalue weighted by Crippen LogP contribution is -2.26. The minimum absolute atomic E-state index is 0.278. The van der Waals surface area contributed by atoms with Gasteiger partial charge in [0, 0.05) is 0 Å². The molecular weight excluding hydrogens is 90.1 g/mol. The third-order valence-corrected chi connectivity index (χ3v) is 0.833. The van der Waals surface area contributed by atoms with Crippen LogP contribution < -0.4 is 5.73 Å². The highest BCUT2D eigenvalue weighted by Gasteiger charge is 2.01. The molecule has 0 aliphatic heterocycles. The summed E-state index contributed by atoms with van der Waals surface area (Å²) in [6, 6.07) is -1.35. The highest BCUT2D eigenvalue weighted by atomic mass is 16.1. The van der Waals surface area contributed by atoms with E-state index in [1.54, 1.807) is 6.92 Å². The maximum Gasteiger partial charge on any atom is 0.146 e. The van der Waals surface area contributed by atoms with Crippen LogP contribution in [0.3, 0.4) is 0 Å².